The molecule has 1 fully saturated rings. The summed E-state index contributed by atoms with van der Waals surface area (Å²) in [6, 6.07) is 13.2. The first-order chi connectivity index (χ1) is 10.2. The molecular weight excluding hydrogens is 264 g/mol. The standard InChI is InChI=1S/C17H14N2O2/c18-16(20)11-3-1-10(2-4-11)13-7-8-15-14(9-13)19-17(21-15)12-5-6-12/h1-4,7-9,12H,5-6H2,(H2,18,20). The van der Waals surface area contributed by atoms with Crippen molar-refractivity contribution in [2.75, 3.05) is 0 Å². The van der Waals surface area contributed by atoms with Crippen LogP contribution in [-0.2, 0) is 0 Å². The molecule has 1 heterocycles. The molecule has 4 heteroatoms. The van der Waals surface area contributed by atoms with Crippen LogP contribution in [0.4, 0.5) is 0 Å². The van der Waals surface area contributed by atoms with Crippen LogP contribution in [0.5, 0.6) is 0 Å². The Balaban J connectivity index is 1.73. The van der Waals surface area contributed by atoms with Gasteiger partial charge in [-0.05, 0) is 48.2 Å². The highest BCUT2D eigenvalue weighted by molar-refractivity contribution is 5.93. The van der Waals surface area contributed by atoms with E-state index in [0.29, 0.717) is 11.5 Å². The Bertz CT molecular complexity index is 830. The van der Waals surface area contributed by atoms with Crippen molar-refractivity contribution >= 4 is 17.0 Å². The van der Waals surface area contributed by atoms with E-state index in [1.54, 1.807) is 12.1 Å². The predicted octanol–water partition coefficient (Wildman–Crippen LogP) is 3.47. The van der Waals surface area contributed by atoms with Gasteiger partial charge in [0.2, 0.25) is 5.91 Å². The SMILES string of the molecule is NC(=O)c1ccc(-c2ccc3oc(C4CC4)nc3c2)cc1. The van der Waals surface area contributed by atoms with E-state index in [0.717, 1.165) is 28.1 Å². The molecule has 104 valence electrons. The predicted molar refractivity (Wildman–Crippen MR) is 79.9 cm³/mol. The van der Waals surface area contributed by atoms with Crippen LogP contribution in [0, 0.1) is 0 Å². The maximum atomic E-state index is 11.1. The van der Waals surface area contributed by atoms with Gasteiger partial charge in [-0.2, -0.15) is 0 Å². The second kappa shape index (κ2) is 4.45. The van der Waals surface area contributed by atoms with Gasteiger partial charge in [0.1, 0.15) is 5.52 Å². The first kappa shape index (κ1) is 12.1. The van der Waals surface area contributed by atoms with Crippen molar-refractivity contribution in [1.82, 2.24) is 4.98 Å². The molecule has 0 radical (unpaired) electrons. The number of hydrogen-bond donors (Lipinski definition) is 1. The van der Waals surface area contributed by atoms with Gasteiger partial charge < -0.3 is 10.2 Å². The minimum Gasteiger partial charge on any atom is -0.440 e. The largest absolute Gasteiger partial charge is 0.440 e. The van der Waals surface area contributed by atoms with Crippen LogP contribution in [0.3, 0.4) is 0 Å². The molecule has 2 aromatic carbocycles. The Morgan fingerprint density at radius 1 is 1.10 bits per heavy atom. The first-order valence-electron chi connectivity index (χ1n) is 7.01. The highest BCUT2D eigenvalue weighted by atomic mass is 16.3. The summed E-state index contributed by atoms with van der Waals surface area (Å²) in [6.45, 7) is 0. The van der Waals surface area contributed by atoms with Crippen LogP contribution in [0.2, 0.25) is 0 Å². The van der Waals surface area contributed by atoms with Crippen LogP contribution in [-0.4, -0.2) is 10.9 Å². The van der Waals surface area contributed by atoms with Crippen molar-refractivity contribution in [2.45, 2.75) is 18.8 Å². The summed E-state index contributed by atoms with van der Waals surface area (Å²) in [5.41, 5.74) is 9.55. The van der Waals surface area contributed by atoms with Crippen molar-refractivity contribution in [3.63, 3.8) is 0 Å². The van der Waals surface area contributed by atoms with Crippen LogP contribution in [0.25, 0.3) is 22.2 Å². The Hall–Kier alpha value is -2.62. The minimum atomic E-state index is -0.414. The van der Waals surface area contributed by atoms with E-state index in [1.807, 2.05) is 30.3 Å². The quantitative estimate of drug-likeness (QED) is 0.797. The summed E-state index contributed by atoms with van der Waals surface area (Å²) >= 11 is 0. The van der Waals surface area contributed by atoms with Crippen molar-refractivity contribution < 1.29 is 9.21 Å². The maximum absolute atomic E-state index is 11.1. The Morgan fingerprint density at radius 2 is 1.81 bits per heavy atom. The molecule has 0 bridgehead atoms. The number of rotatable bonds is 3. The molecule has 0 spiro atoms. The van der Waals surface area contributed by atoms with Gasteiger partial charge in [0.05, 0.1) is 0 Å². The zero-order chi connectivity index (χ0) is 14.4. The number of nitrogens with zero attached hydrogens (tertiary/aromatic N) is 1. The first-order valence-corrected chi connectivity index (χ1v) is 7.01. The summed E-state index contributed by atoms with van der Waals surface area (Å²) in [5, 5.41) is 0. The van der Waals surface area contributed by atoms with Crippen molar-refractivity contribution in [3.05, 3.63) is 53.9 Å². The van der Waals surface area contributed by atoms with E-state index in [2.05, 4.69) is 4.98 Å². The Kier molecular flexibility index (Phi) is 2.57. The number of benzene rings is 2. The van der Waals surface area contributed by atoms with E-state index in [-0.39, 0.29) is 0 Å². The van der Waals surface area contributed by atoms with Gasteiger partial charge >= 0.3 is 0 Å². The van der Waals surface area contributed by atoms with Gasteiger partial charge in [-0.3, -0.25) is 4.79 Å². The summed E-state index contributed by atoms with van der Waals surface area (Å²) in [4.78, 5) is 15.7. The van der Waals surface area contributed by atoms with E-state index >= 15 is 0 Å². The van der Waals surface area contributed by atoms with Gasteiger partial charge in [0.25, 0.3) is 0 Å². The van der Waals surface area contributed by atoms with Crippen molar-refractivity contribution in [2.24, 2.45) is 5.73 Å². The van der Waals surface area contributed by atoms with Gasteiger partial charge in [0.15, 0.2) is 11.5 Å². The fourth-order valence-corrected chi connectivity index (χ4v) is 2.46. The number of carbonyl (C=O) groups excluding carboxylic acids is 1. The molecule has 0 saturated heterocycles. The molecule has 1 saturated carbocycles. The number of hydrogen-bond acceptors (Lipinski definition) is 3. The molecule has 4 nitrogen and oxygen atoms in total. The average molecular weight is 278 g/mol. The van der Waals surface area contributed by atoms with E-state index in [4.69, 9.17) is 10.2 Å². The minimum absolute atomic E-state index is 0.414. The number of amides is 1. The molecular formula is C17H14N2O2. The highest BCUT2D eigenvalue weighted by Gasteiger charge is 2.28. The molecule has 0 atom stereocenters. The molecule has 1 aromatic heterocycles. The molecule has 0 aliphatic heterocycles. The smallest absolute Gasteiger partial charge is 0.248 e. The number of aromatic nitrogens is 1. The molecule has 4 rings (SSSR count). The summed E-state index contributed by atoms with van der Waals surface area (Å²) in [6.07, 6.45) is 2.35. The average Bonchev–Trinajstić information content (AvgIpc) is 3.26. The fraction of sp³-hybridized carbons (Fsp3) is 0.176. The van der Waals surface area contributed by atoms with Crippen molar-refractivity contribution in [1.29, 1.82) is 0 Å². The number of oxazole rings is 1. The van der Waals surface area contributed by atoms with Gasteiger partial charge in [0, 0.05) is 11.5 Å². The third-order valence-electron chi connectivity index (χ3n) is 3.83. The van der Waals surface area contributed by atoms with Gasteiger partial charge in [-0.1, -0.05) is 18.2 Å². The molecule has 0 unspecified atom stereocenters. The monoisotopic (exact) mass is 278 g/mol. The van der Waals surface area contributed by atoms with E-state index in [9.17, 15) is 4.79 Å². The van der Waals surface area contributed by atoms with E-state index < -0.39 is 5.91 Å². The zero-order valence-electron chi connectivity index (χ0n) is 11.4. The second-order valence-corrected chi connectivity index (χ2v) is 5.45. The van der Waals surface area contributed by atoms with Gasteiger partial charge in [-0.25, -0.2) is 4.98 Å². The van der Waals surface area contributed by atoms with Crippen LogP contribution >= 0.6 is 0 Å². The molecule has 1 amide bonds. The molecule has 3 aromatic rings. The zero-order valence-corrected chi connectivity index (χ0v) is 11.4. The molecule has 1 aliphatic rings. The molecule has 21 heavy (non-hydrogen) atoms. The second-order valence-electron chi connectivity index (χ2n) is 5.45. The van der Waals surface area contributed by atoms with Crippen LogP contribution < -0.4 is 5.73 Å². The normalized spacial score (nSPS) is 14.5. The van der Waals surface area contributed by atoms with Gasteiger partial charge in [-0.15, -0.1) is 0 Å². The highest BCUT2D eigenvalue weighted by Crippen LogP contribution is 2.40. The third kappa shape index (κ3) is 2.18. The lowest BCUT2D eigenvalue weighted by molar-refractivity contribution is 0.100. The Labute approximate surface area is 121 Å². The van der Waals surface area contributed by atoms with E-state index in [1.165, 1.54) is 12.8 Å². The maximum Gasteiger partial charge on any atom is 0.248 e. The Morgan fingerprint density at radius 3 is 2.48 bits per heavy atom. The number of primary amides is 1. The lowest BCUT2D eigenvalue weighted by Gasteiger charge is -2.02. The van der Waals surface area contributed by atoms with Crippen molar-refractivity contribution in [3.8, 4) is 11.1 Å². The summed E-state index contributed by atoms with van der Waals surface area (Å²) in [7, 11) is 0. The fourth-order valence-electron chi connectivity index (χ4n) is 2.46. The van der Waals surface area contributed by atoms with Crippen LogP contribution in [0.15, 0.2) is 46.9 Å². The molecule has 1 aliphatic carbocycles. The lowest BCUT2D eigenvalue weighted by atomic mass is 10.0. The third-order valence-corrected chi connectivity index (χ3v) is 3.83. The summed E-state index contributed by atoms with van der Waals surface area (Å²) < 4.78 is 5.76. The molecule has 2 N–H and O–H groups in total. The number of fused-ring (bicyclic) bond motifs is 1. The van der Waals surface area contributed by atoms with Crippen LogP contribution in [0.1, 0.15) is 35.0 Å². The summed E-state index contributed by atoms with van der Waals surface area (Å²) in [5.74, 6) is 0.949. The lowest BCUT2D eigenvalue weighted by Crippen LogP contribution is -2.10. The topological polar surface area (TPSA) is 69.1 Å². The number of carbonyl (C=O) groups is 1. The number of nitrogens with two attached hydrogens (primary N) is 1.